The third-order valence-electron chi connectivity index (χ3n) is 4.14. The van der Waals surface area contributed by atoms with Crippen LogP contribution in [0.4, 0.5) is 19.1 Å². The number of nitrogen functional groups attached to an aromatic ring is 1. The van der Waals surface area contributed by atoms with Crippen molar-refractivity contribution < 1.29 is 22.7 Å². The summed E-state index contributed by atoms with van der Waals surface area (Å²) in [7, 11) is 0. The summed E-state index contributed by atoms with van der Waals surface area (Å²) < 4.78 is 43.9. The SMILES string of the molecule is Nc1oc(C2CCCC2)c(O)c1-c1cccc(C(F)(F)F)c1. The van der Waals surface area contributed by atoms with Gasteiger partial charge in [-0.05, 0) is 30.5 Å². The zero-order chi connectivity index (χ0) is 15.9. The maximum absolute atomic E-state index is 12.8. The number of rotatable bonds is 2. The van der Waals surface area contributed by atoms with E-state index in [0.29, 0.717) is 5.76 Å². The van der Waals surface area contributed by atoms with Crippen LogP contribution in [0.5, 0.6) is 5.75 Å². The molecule has 1 aromatic heterocycles. The summed E-state index contributed by atoms with van der Waals surface area (Å²) in [6.45, 7) is 0. The Balaban J connectivity index is 2.05. The topological polar surface area (TPSA) is 59.4 Å². The lowest BCUT2D eigenvalue weighted by atomic mass is 10.00. The van der Waals surface area contributed by atoms with Gasteiger partial charge in [-0.25, -0.2) is 0 Å². The molecule has 1 aromatic carbocycles. The van der Waals surface area contributed by atoms with Gasteiger partial charge in [0.25, 0.3) is 0 Å². The van der Waals surface area contributed by atoms with Crippen molar-refractivity contribution in [2.45, 2.75) is 37.8 Å². The summed E-state index contributed by atoms with van der Waals surface area (Å²) in [4.78, 5) is 0. The second-order valence-electron chi connectivity index (χ2n) is 5.61. The maximum atomic E-state index is 12.8. The first-order valence-electron chi connectivity index (χ1n) is 7.16. The number of halogens is 3. The lowest BCUT2D eigenvalue weighted by Crippen LogP contribution is -2.04. The van der Waals surface area contributed by atoms with Gasteiger partial charge in [-0.3, -0.25) is 0 Å². The number of aromatic hydroxyl groups is 1. The highest BCUT2D eigenvalue weighted by Gasteiger charge is 2.32. The number of nitrogens with two attached hydrogens (primary N) is 1. The highest BCUT2D eigenvalue weighted by atomic mass is 19.4. The summed E-state index contributed by atoms with van der Waals surface area (Å²) >= 11 is 0. The minimum absolute atomic E-state index is 0.0428. The third-order valence-corrected chi connectivity index (χ3v) is 4.14. The fourth-order valence-electron chi connectivity index (χ4n) is 3.05. The molecule has 3 nitrogen and oxygen atoms in total. The van der Waals surface area contributed by atoms with E-state index in [1.54, 1.807) is 0 Å². The summed E-state index contributed by atoms with van der Waals surface area (Å²) in [6, 6.07) is 4.72. The number of benzene rings is 1. The highest BCUT2D eigenvalue weighted by molar-refractivity contribution is 5.80. The van der Waals surface area contributed by atoms with Gasteiger partial charge in [0, 0.05) is 5.92 Å². The third kappa shape index (κ3) is 2.53. The van der Waals surface area contributed by atoms with Crippen molar-refractivity contribution in [2.24, 2.45) is 0 Å². The number of furan rings is 1. The van der Waals surface area contributed by atoms with Crippen molar-refractivity contribution in [1.82, 2.24) is 0 Å². The van der Waals surface area contributed by atoms with Gasteiger partial charge in [0.2, 0.25) is 5.88 Å². The average Bonchev–Trinajstić information content (AvgIpc) is 3.06. The van der Waals surface area contributed by atoms with E-state index in [2.05, 4.69) is 0 Å². The molecular weight excluding hydrogens is 295 g/mol. The average molecular weight is 311 g/mol. The van der Waals surface area contributed by atoms with Crippen LogP contribution in [0.15, 0.2) is 28.7 Å². The molecule has 1 aliphatic rings. The predicted octanol–water partition coefficient (Wildman–Crippen LogP) is 4.91. The first-order chi connectivity index (χ1) is 10.4. The number of hydrogen-bond acceptors (Lipinski definition) is 3. The summed E-state index contributed by atoms with van der Waals surface area (Å²) in [5.74, 6) is 0.298. The van der Waals surface area contributed by atoms with E-state index in [4.69, 9.17) is 10.2 Å². The van der Waals surface area contributed by atoms with Gasteiger partial charge in [-0.15, -0.1) is 0 Å². The Kier molecular flexibility index (Phi) is 3.54. The molecular formula is C16H16F3NO2. The van der Waals surface area contributed by atoms with Gasteiger partial charge in [-0.1, -0.05) is 25.0 Å². The van der Waals surface area contributed by atoms with Crippen LogP contribution >= 0.6 is 0 Å². The minimum Gasteiger partial charge on any atom is -0.504 e. The molecule has 1 heterocycles. The van der Waals surface area contributed by atoms with Gasteiger partial charge >= 0.3 is 6.18 Å². The van der Waals surface area contributed by atoms with Crippen molar-refractivity contribution in [3.63, 3.8) is 0 Å². The fourth-order valence-corrected chi connectivity index (χ4v) is 3.05. The quantitative estimate of drug-likeness (QED) is 0.828. The van der Waals surface area contributed by atoms with Gasteiger partial charge < -0.3 is 15.3 Å². The molecule has 6 heteroatoms. The maximum Gasteiger partial charge on any atom is 0.416 e. The minimum atomic E-state index is -4.45. The molecule has 0 saturated heterocycles. The van der Waals surface area contributed by atoms with Crippen molar-refractivity contribution in [3.05, 3.63) is 35.6 Å². The monoisotopic (exact) mass is 311 g/mol. The van der Waals surface area contributed by atoms with Crippen LogP contribution in [0.25, 0.3) is 11.1 Å². The van der Waals surface area contributed by atoms with Crippen molar-refractivity contribution >= 4 is 5.88 Å². The van der Waals surface area contributed by atoms with Crippen LogP contribution in [0.1, 0.15) is 42.9 Å². The fraction of sp³-hybridized carbons (Fsp3) is 0.375. The molecule has 118 valence electrons. The predicted molar refractivity (Wildman–Crippen MR) is 76.4 cm³/mol. The molecule has 0 radical (unpaired) electrons. The highest BCUT2D eigenvalue weighted by Crippen LogP contribution is 2.47. The van der Waals surface area contributed by atoms with Crippen LogP contribution in [0.3, 0.4) is 0 Å². The van der Waals surface area contributed by atoms with E-state index >= 15 is 0 Å². The molecule has 0 bridgehead atoms. The molecule has 3 rings (SSSR count). The Morgan fingerprint density at radius 3 is 2.50 bits per heavy atom. The van der Waals surface area contributed by atoms with Gasteiger partial charge in [-0.2, -0.15) is 13.2 Å². The molecule has 0 amide bonds. The normalized spacial score (nSPS) is 16.3. The van der Waals surface area contributed by atoms with Crippen LogP contribution < -0.4 is 5.73 Å². The zero-order valence-electron chi connectivity index (χ0n) is 11.8. The molecule has 1 aliphatic carbocycles. The van der Waals surface area contributed by atoms with E-state index in [1.165, 1.54) is 12.1 Å². The lowest BCUT2D eigenvalue weighted by molar-refractivity contribution is -0.137. The smallest absolute Gasteiger partial charge is 0.416 e. The largest absolute Gasteiger partial charge is 0.504 e. The second-order valence-corrected chi connectivity index (χ2v) is 5.61. The van der Waals surface area contributed by atoms with Crippen LogP contribution in [0, 0.1) is 0 Å². The Hall–Kier alpha value is -2.11. The number of alkyl halides is 3. The number of hydrogen-bond donors (Lipinski definition) is 2. The Morgan fingerprint density at radius 1 is 1.18 bits per heavy atom. The van der Waals surface area contributed by atoms with E-state index in [1.807, 2.05) is 0 Å². The number of anilines is 1. The molecule has 2 aromatic rings. The molecule has 22 heavy (non-hydrogen) atoms. The molecule has 0 aliphatic heterocycles. The molecule has 1 fully saturated rings. The molecule has 1 saturated carbocycles. The summed E-state index contributed by atoms with van der Waals surface area (Å²) in [5.41, 5.74) is 5.36. The lowest BCUT2D eigenvalue weighted by Gasteiger charge is -2.09. The first-order valence-corrected chi connectivity index (χ1v) is 7.16. The summed E-state index contributed by atoms with van der Waals surface area (Å²) in [6.07, 6.45) is -0.573. The van der Waals surface area contributed by atoms with E-state index < -0.39 is 11.7 Å². The first kappa shape index (κ1) is 14.8. The zero-order valence-corrected chi connectivity index (χ0v) is 11.8. The van der Waals surface area contributed by atoms with Crippen molar-refractivity contribution in [3.8, 4) is 16.9 Å². The second kappa shape index (κ2) is 5.26. The summed E-state index contributed by atoms with van der Waals surface area (Å²) in [5, 5.41) is 10.4. The van der Waals surface area contributed by atoms with E-state index in [-0.39, 0.29) is 28.7 Å². The van der Waals surface area contributed by atoms with Crippen LogP contribution in [-0.2, 0) is 6.18 Å². The van der Waals surface area contributed by atoms with Crippen molar-refractivity contribution in [2.75, 3.05) is 5.73 Å². The Labute approximate surface area is 125 Å². The van der Waals surface area contributed by atoms with E-state index in [9.17, 15) is 18.3 Å². The van der Waals surface area contributed by atoms with Gasteiger partial charge in [0.05, 0.1) is 11.1 Å². The van der Waals surface area contributed by atoms with Gasteiger partial charge in [0.15, 0.2) is 11.5 Å². The molecule has 0 unspecified atom stereocenters. The molecule has 0 atom stereocenters. The standard InChI is InChI=1S/C16H16F3NO2/c17-16(18,19)11-7-3-6-10(8-11)12-13(21)14(22-15(12)20)9-4-1-2-5-9/h3,6-9,21H,1-2,4-5,20H2. The van der Waals surface area contributed by atoms with Crippen LogP contribution in [-0.4, -0.2) is 5.11 Å². The molecule has 3 N–H and O–H groups in total. The Morgan fingerprint density at radius 2 is 1.86 bits per heavy atom. The van der Waals surface area contributed by atoms with Gasteiger partial charge in [0.1, 0.15) is 0 Å². The van der Waals surface area contributed by atoms with Crippen molar-refractivity contribution in [1.29, 1.82) is 0 Å². The molecule has 0 spiro atoms. The van der Waals surface area contributed by atoms with Crippen LogP contribution in [0.2, 0.25) is 0 Å². The van der Waals surface area contributed by atoms with E-state index in [0.717, 1.165) is 37.8 Å². The Bertz CT molecular complexity index is 685.